The lowest BCUT2D eigenvalue weighted by atomic mass is 10.1. The van der Waals surface area contributed by atoms with E-state index >= 15 is 0 Å². The van der Waals surface area contributed by atoms with Gasteiger partial charge in [-0.2, -0.15) is 0 Å². The lowest BCUT2D eigenvalue weighted by molar-refractivity contribution is 0.0696. The van der Waals surface area contributed by atoms with Crippen molar-refractivity contribution < 1.29 is 19.4 Å². The molecule has 0 aliphatic heterocycles. The molecule has 0 heterocycles. The molecule has 0 spiro atoms. The molecule has 0 fully saturated rings. The van der Waals surface area contributed by atoms with Crippen molar-refractivity contribution in [2.45, 2.75) is 0 Å². The van der Waals surface area contributed by atoms with Crippen molar-refractivity contribution in [1.82, 2.24) is 0 Å². The minimum absolute atomic E-state index is 0.0204. The number of aromatic carboxylic acids is 1. The van der Waals surface area contributed by atoms with Crippen LogP contribution in [-0.2, 0) is 0 Å². The predicted molar refractivity (Wildman–Crippen MR) is 89.4 cm³/mol. The van der Waals surface area contributed by atoms with Gasteiger partial charge in [-0.1, -0.05) is 34.8 Å². The zero-order chi connectivity index (χ0) is 17.1. The smallest absolute Gasteiger partial charge is 0.337 e. The number of rotatable bonds is 4. The fourth-order valence-electron chi connectivity index (χ4n) is 1.81. The van der Waals surface area contributed by atoms with Gasteiger partial charge in [0.15, 0.2) is 0 Å². The van der Waals surface area contributed by atoms with E-state index in [1.165, 1.54) is 31.4 Å². The van der Waals surface area contributed by atoms with Gasteiger partial charge in [0, 0.05) is 5.56 Å². The van der Waals surface area contributed by atoms with Crippen LogP contribution in [0.5, 0.6) is 5.75 Å². The summed E-state index contributed by atoms with van der Waals surface area (Å²) in [6.07, 6.45) is 0. The molecule has 0 aromatic heterocycles. The van der Waals surface area contributed by atoms with Crippen LogP contribution in [0.4, 0.5) is 5.69 Å². The largest absolute Gasteiger partial charge is 0.495 e. The van der Waals surface area contributed by atoms with Gasteiger partial charge < -0.3 is 15.2 Å². The third-order valence-corrected chi connectivity index (χ3v) is 3.87. The molecule has 2 rings (SSSR count). The summed E-state index contributed by atoms with van der Waals surface area (Å²) in [7, 11) is 1.46. The first kappa shape index (κ1) is 17.4. The summed E-state index contributed by atoms with van der Waals surface area (Å²) in [6.45, 7) is 0. The lowest BCUT2D eigenvalue weighted by Crippen LogP contribution is -2.13. The number of halogens is 3. The Bertz CT molecular complexity index is 793. The number of nitrogens with one attached hydrogen (secondary N) is 1. The van der Waals surface area contributed by atoms with Gasteiger partial charge in [-0.15, -0.1) is 0 Å². The average molecular weight is 375 g/mol. The summed E-state index contributed by atoms with van der Waals surface area (Å²) in [5.41, 5.74) is 0.225. The van der Waals surface area contributed by atoms with Crippen LogP contribution in [0, 0.1) is 0 Å². The quantitative estimate of drug-likeness (QED) is 0.819. The van der Waals surface area contributed by atoms with E-state index in [1.54, 1.807) is 6.07 Å². The number of carboxylic acids is 1. The molecule has 0 atom stereocenters. The summed E-state index contributed by atoms with van der Waals surface area (Å²) in [4.78, 5) is 23.3. The highest BCUT2D eigenvalue weighted by Gasteiger charge is 2.16. The van der Waals surface area contributed by atoms with Gasteiger partial charge in [-0.05, 0) is 30.3 Å². The molecule has 0 bridgehead atoms. The Morgan fingerprint density at radius 1 is 1.04 bits per heavy atom. The number of amides is 1. The summed E-state index contributed by atoms with van der Waals surface area (Å²) in [6, 6.07) is 6.93. The van der Waals surface area contributed by atoms with Crippen LogP contribution in [0.1, 0.15) is 20.7 Å². The molecule has 2 N–H and O–H groups in total. The first-order valence-electron chi connectivity index (χ1n) is 6.20. The van der Waals surface area contributed by atoms with Crippen molar-refractivity contribution in [2.75, 3.05) is 12.4 Å². The van der Waals surface area contributed by atoms with E-state index in [1.807, 2.05) is 0 Å². The minimum atomic E-state index is -1.23. The molecule has 0 aliphatic carbocycles. The van der Waals surface area contributed by atoms with Gasteiger partial charge in [0.25, 0.3) is 5.91 Å². The molecule has 2 aromatic carbocycles. The second-order valence-corrected chi connectivity index (χ2v) is 5.64. The number of anilines is 1. The van der Waals surface area contributed by atoms with Crippen LogP contribution >= 0.6 is 34.8 Å². The number of carbonyl (C=O) groups excluding carboxylic acids is 1. The van der Waals surface area contributed by atoms with Gasteiger partial charge in [0.2, 0.25) is 0 Å². The van der Waals surface area contributed by atoms with Crippen molar-refractivity contribution in [3.8, 4) is 5.75 Å². The van der Waals surface area contributed by atoms with E-state index in [0.29, 0.717) is 5.75 Å². The molecule has 2 aromatic rings. The minimum Gasteiger partial charge on any atom is -0.495 e. The van der Waals surface area contributed by atoms with Crippen LogP contribution in [0.25, 0.3) is 0 Å². The monoisotopic (exact) mass is 373 g/mol. The Morgan fingerprint density at radius 2 is 1.74 bits per heavy atom. The Kier molecular flexibility index (Phi) is 5.36. The number of carbonyl (C=O) groups is 2. The summed E-state index contributed by atoms with van der Waals surface area (Å²) >= 11 is 17.7. The molecule has 1 amide bonds. The Hall–Kier alpha value is -1.95. The van der Waals surface area contributed by atoms with Crippen LogP contribution < -0.4 is 10.1 Å². The first-order chi connectivity index (χ1) is 10.8. The van der Waals surface area contributed by atoms with Crippen LogP contribution in [0.3, 0.4) is 0 Å². The Labute approximate surface area is 146 Å². The number of hydrogen-bond acceptors (Lipinski definition) is 3. The van der Waals surface area contributed by atoms with E-state index in [0.717, 1.165) is 0 Å². The molecular formula is C15H10Cl3NO4. The van der Waals surface area contributed by atoms with E-state index in [2.05, 4.69) is 5.32 Å². The lowest BCUT2D eigenvalue weighted by Gasteiger charge is -2.10. The maximum Gasteiger partial charge on any atom is 0.337 e. The fraction of sp³-hybridized carbons (Fsp3) is 0.0667. The first-order valence-corrected chi connectivity index (χ1v) is 7.34. The number of carboxylic acid groups (broad SMARTS) is 1. The second-order valence-electron chi connectivity index (χ2n) is 4.42. The molecule has 0 saturated carbocycles. The van der Waals surface area contributed by atoms with Crippen molar-refractivity contribution in [3.63, 3.8) is 0 Å². The topological polar surface area (TPSA) is 75.6 Å². The highest BCUT2D eigenvalue weighted by atomic mass is 35.5. The maximum absolute atomic E-state index is 12.2. The summed E-state index contributed by atoms with van der Waals surface area (Å²) < 4.78 is 5.01. The molecule has 0 radical (unpaired) electrons. The Balaban J connectivity index is 2.31. The second kappa shape index (κ2) is 7.08. The van der Waals surface area contributed by atoms with Gasteiger partial charge in [-0.25, -0.2) is 4.79 Å². The summed E-state index contributed by atoms with van der Waals surface area (Å²) in [5, 5.41) is 11.9. The average Bonchev–Trinajstić information content (AvgIpc) is 2.49. The van der Waals surface area contributed by atoms with Gasteiger partial charge >= 0.3 is 5.97 Å². The van der Waals surface area contributed by atoms with Gasteiger partial charge in [0.05, 0.1) is 33.4 Å². The van der Waals surface area contributed by atoms with Crippen LogP contribution in [0.2, 0.25) is 15.1 Å². The summed E-state index contributed by atoms with van der Waals surface area (Å²) in [5.74, 6) is -1.30. The van der Waals surface area contributed by atoms with Crippen molar-refractivity contribution in [1.29, 1.82) is 0 Å². The Morgan fingerprint density at radius 3 is 2.30 bits per heavy atom. The molecule has 0 saturated heterocycles. The highest BCUT2D eigenvalue weighted by molar-refractivity contribution is 6.38. The third kappa shape index (κ3) is 3.88. The van der Waals surface area contributed by atoms with Crippen LogP contribution in [0.15, 0.2) is 30.3 Å². The van der Waals surface area contributed by atoms with E-state index in [9.17, 15) is 9.59 Å². The standard InChI is InChI=1S/C15H10Cl3NO4/c1-23-13-3-2-7(4-11(13)18)14(20)19-12-5-8(15(21)22)9(16)6-10(12)17/h2-6H,1H3,(H,19,20)(H,21,22). The van der Waals surface area contributed by atoms with Crippen molar-refractivity contribution >= 4 is 52.4 Å². The SMILES string of the molecule is COc1ccc(C(=O)Nc2cc(C(=O)O)c(Cl)cc2Cl)cc1Cl. The van der Waals surface area contributed by atoms with E-state index < -0.39 is 11.9 Å². The normalized spacial score (nSPS) is 10.3. The molecule has 0 aliphatic rings. The van der Waals surface area contributed by atoms with Gasteiger partial charge in [0.1, 0.15) is 5.75 Å². The zero-order valence-electron chi connectivity index (χ0n) is 11.7. The van der Waals surface area contributed by atoms with Crippen LogP contribution in [-0.4, -0.2) is 24.1 Å². The fourth-order valence-corrected chi connectivity index (χ4v) is 2.58. The van der Waals surface area contributed by atoms with E-state index in [4.69, 9.17) is 44.6 Å². The highest BCUT2D eigenvalue weighted by Crippen LogP contribution is 2.30. The number of benzene rings is 2. The third-order valence-electron chi connectivity index (χ3n) is 2.95. The van der Waals surface area contributed by atoms with Crippen molar-refractivity contribution in [3.05, 3.63) is 56.5 Å². The maximum atomic E-state index is 12.2. The number of hydrogen-bond donors (Lipinski definition) is 2. The molecule has 5 nitrogen and oxygen atoms in total. The molecule has 120 valence electrons. The molecule has 0 unspecified atom stereocenters. The van der Waals surface area contributed by atoms with Gasteiger partial charge in [-0.3, -0.25) is 4.79 Å². The predicted octanol–water partition coefficient (Wildman–Crippen LogP) is 4.61. The molecular weight excluding hydrogens is 365 g/mol. The zero-order valence-corrected chi connectivity index (χ0v) is 14.0. The molecule has 23 heavy (non-hydrogen) atoms. The van der Waals surface area contributed by atoms with E-state index in [-0.39, 0.29) is 31.9 Å². The number of ether oxygens (including phenoxy) is 1. The molecule has 8 heteroatoms. The number of methoxy groups -OCH3 is 1. The van der Waals surface area contributed by atoms with Crippen molar-refractivity contribution in [2.24, 2.45) is 0 Å².